The van der Waals surface area contributed by atoms with Gasteiger partial charge in [-0.1, -0.05) is 36.4 Å². The molecule has 0 atom stereocenters. The molecule has 3 aromatic rings. The summed E-state index contributed by atoms with van der Waals surface area (Å²) in [7, 11) is -1.32. The number of hydrogen-bond donors (Lipinski definition) is 1. The lowest BCUT2D eigenvalue weighted by atomic mass is 10.1. The standard InChI is InChI=1S/C24H25N3O7S/c1-17-20(10-7-11-21(17)27(29)30)25-24(28)16-26(15-18-8-5-4-6-9-18)35(31,32)19-12-13-22(33-2)23(14-19)34-3/h4-14H,15-16H2,1-3H3,(H,25,28). The number of ether oxygens (including phenoxy) is 2. The zero-order chi connectivity index (χ0) is 25.6. The quantitative estimate of drug-likeness (QED) is 0.332. The normalized spacial score (nSPS) is 11.2. The van der Waals surface area contributed by atoms with Crippen molar-refractivity contribution in [1.82, 2.24) is 4.31 Å². The number of methoxy groups -OCH3 is 2. The second-order valence-corrected chi connectivity index (χ2v) is 9.47. The molecule has 0 aliphatic carbocycles. The molecule has 0 unspecified atom stereocenters. The van der Waals surface area contributed by atoms with E-state index < -0.39 is 27.4 Å². The van der Waals surface area contributed by atoms with Gasteiger partial charge in [-0.25, -0.2) is 8.42 Å². The van der Waals surface area contributed by atoms with Gasteiger partial charge < -0.3 is 14.8 Å². The molecule has 11 heteroatoms. The number of nitrogens with zero attached hydrogens (tertiary/aromatic N) is 2. The molecule has 0 radical (unpaired) electrons. The molecule has 0 bridgehead atoms. The lowest BCUT2D eigenvalue weighted by Crippen LogP contribution is -2.37. The largest absolute Gasteiger partial charge is 0.493 e. The zero-order valence-electron chi connectivity index (χ0n) is 19.4. The number of hydrogen-bond acceptors (Lipinski definition) is 7. The molecule has 1 amide bonds. The van der Waals surface area contributed by atoms with Gasteiger partial charge >= 0.3 is 0 Å². The summed E-state index contributed by atoms with van der Waals surface area (Å²) >= 11 is 0. The molecule has 0 aliphatic rings. The third kappa shape index (κ3) is 5.94. The van der Waals surface area contributed by atoms with Crippen molar-refractivity contribution in [3.8, 4) is 11.5 Å². The number of amides is 1. The number of sulfonamides is 1. The Balaban J connectivity index is 1.94. The number of anilines is 1. The maximum absolute atomic E-state index is 13.6. The van der Waals surface area contributed by atoms with Crippen LogP contribution in [0.15, 0.2) is 71.6 Å². The van der Waals surface area contributed by atoms with Crippen molar-refractivity contribution in [2.45, 2.75) is 18.4 Å². The first-order valence-electron chi connectivity index (χ1n) is 10.5. The average molecular weight is 500 g/mol. The summed E-state index contributed by atoms with van der Waals surface area (Å²) < 4.78 is 38.6. The molecule has 0 aliphatic heterocycles. The van der Waals surface area contributed by atoms with Crippen molar-refractivity contribution in [3.63, 3.8) is 0 Å². The molecule has 0 spiro atoms. The topological polar surface area (TPSA) is 128 Å². The Morgan fingerprint density at radius 2 is 1.69 bits per heavy atom. The predicted molar refractivity (Wildman–Crippen MR) is 130 cm³/mol. The van der Waals surface area contributed by atoms with E-state index in [2.05, 4.69) is 5.32 Å². The van der Waals surface area contributed by atoms with Gasteiger partial charge in [0.1, 0.15) is 0 Å². The van der Waals surface area contributed by atoms with E-state index in [9.17, 15) is 23.3 Å². The summed E-state index contributed by atoms with van der Waals surface area (Å²) in [4.78, 5) is 23.5. The van der Waals surface area contributed by atoms with E-state index in [1.165, 1.54) is 57.5 Å². The molecule has 0 saturated heterocycles. The second-order valence-electron chi connectivity index (χ2n) is 7.53. The lowest BCUT2D eigenvalue weighted by molar-refractivity contribution is -0.385. The van der Waals surface area contributed by atoms with E-state index in [0.29, 0.717) is 11.3 Å². The molecule has 3 aromatic carbocycles. The SMILES string of the molecule is COc1ccc(S(=O)(=O)N(CC(=O)Nc2cccc([N+](=O)[O-])c2C)Cc2ccccc2)cc1OC. The van der Waals surface area contributed by atoms with Gasteiger partial charge in [0, 0.05) is 18.7 Å². The summed E-state index contributed by atoms with van der Waals surface area (Å²) in [6.07, 6.45) is 0. The van der Waals surface area contributed by atoms with Crippen LogP contribution in [-0.2, 0) is 21.4 Å². The molecule has 10 nitrogen and oxygen atoms in total. The van der Waals surface area contributed by atoms with E-state index in [4.69, 9.17) is 9.47 Å². The van der Waals surface area contributed by atoms with Gasteiger partial charge in [-0.3, -0.25) is 14.9 Å². The number of nitro groups is 1. The Kier molecular flexibility index (Phi) is 8.05. The molecule has 0 saturated carbocycles. The first-order chi connectivity index (χ1) is 16.7. The second kappa shape index (κ2) is 11.0. The fourth-order valence-electron chi connectivity index (χ4n) is 3.45. The van der Waals surface area contributed by atoms with E-state index in [0.717, 1.165) is 4.31 Å². The Hall–Kier alpha value is -3.96. The maximum atomic E-state index is 13.6. The van der Waals surface area contributed by atoms with Gasteiger partial charge in [0.05, 0.1) is 41.8 Å². The third-order valence-electron chi connectivity index (χ3n) is 5.29. The highest BCUT2D eigenvalue weighted by Crippen LogP contribution is 2.31. The van der Waals surface area contributed by atoms with Gasteiger partial charge in [-0.15, -0.1) is 0 Å². The van der Waals surface area contributed by atoms with Crippen LogP contribution in [0.5, 0.6) is 11.5 Å². The molecule has 35 heavy (non-hydrogen) atoms. The summed E-state index contributed by atoms with van der Waals surface area (Å²) in [5, 5.41) is 13.8. The first kappa shape index (κ1) is 25.7. The highest BCUT2D eigenvalue weighted by atomic mass is 32.2. The Morgan fingerprint density at radius 3 is 2.31 bits per heavy atom. The van der Waals surface area contributed by atoms with Crippen LogP contribution in [0, 0.1) is 17.0 Å². The number of carbonyl (C=O) groups is 1. The number of benzene rings is 3. The number of nitro benzene ring substituents is 1. The van der Waals surface area contributed by atoms with Gasteiger partial charge in [-0.2, -0.15) is 4.31 Å². The minimum Gasteiger partial charge on any atom is -0.493 e. The average Bonchev–Trinajstić information content (AvgIpc) is 2.84. The summed E-state index contributed by atoms with van der Waals surface area (Å²) in [6.45, 7) is 0.919. The monoisotopic (exact) mass is 499 g/mol. The molecular formula is C24H25N3O7S. The summed E-state index contributed by atoms with van der Waals surface area (Å²) in [5.41, 5.74) is 1.02. The number of rotatable bonds is 10. The number of carbonyl (C=O) groups excluding carboxylic acids is 1. The van der Waals surface area contributed by atoms with E-state index in [1.54, 1.807) is 30.3 Å². The van der Waals surface area contributed by atoms with Crippen LogP contribution < -0.4 is 14.8 Å². The third-order valence-corrected chi connectivity index (χ3v) is 7.08. The lowest BCUT2D eigenvalue weighted by Gasteiger charge is -2.23. The zero-order valence-corrected chi connectivity index (χ0v) is 20.2. The highest BCUT2D eigenvalue weighted by Gasteiger charge is 2.28. The van der Waals surface area contributed by atoms with Crippen molar-refractivity contribution in [2.75, 3.05) is 26.1 Å². The Morgan fingerprint density at radius 1 is 1.00 bits per heavy atom. The molecular weight excluding hydrogens is 474 g/mol. The predicted octanol–water partition coefficient (Wildman–Crippen LogP) is 3.75. The minimum atomic E-state index is -4.15. The van der Waals surface area contributed by atoms with Crippen LogP contribution in [0.3, 0.4) is 0 Å². The molecule has 0 fully saturated rings. The van der Waals surface area contributed by atoms with E-state index in [1.807, 2.05) is 0 Å². The fourth-order valence-corrected chi connectivity index (χ4v) is 4.85. The van der Waals surface area contributed by atoms with Gasteiger partial charge in [0.2, 0.25) is 15.9 Å². The fraction of sp³-hybridized carbons (Fsp3) is 0.208. The van der Waals surface area contributed by atoms with E-state index in [-0.39, 0.29) is 34.1 Å². The smallest absolute Gasteiger partial charge is 0.274 e. The van der Waals surface area contributed by atoms with Gasteiger partial charge in [-0.05, 0) is 30.7 Å². The van der Waals surface area contributed by atoms with Gasteiger partial charge in [0.15, 0.2) is 11.5 Å². The molecule has 3 rings (SSSR count). The summed E-state index contributed by atoms with van der Waals surface area (Å²) in [5.74, 6) is -0.0570. The molecule has 184 valence electrons. The minimum absolute atomic E-state index is 0.0706. The molecule has 0 heterocycles. The Labute approximate surface area is 203 Å². The maximum Gasteiger partial charge on any atom is 0.274 e. The highest BCUT2D eigenvalue weighted by molar-refractivity contribution is 7.89. The van der Waals surface area contributed by atoms with Crippen LogP contribution in [0.2, 0.25) is 0 Å². The van der Waals surface area contributed by atoms with Crippen LogP contribution >= 0.6 is 0 Å². The van der Waals surface area contributed by atoms with Crippen molar-refractivity contribution >= 4 is 27.3 Å². The van der Waals surface area contributed by atoms with Crippen LogP contribution in [0.1, 0.15) is 11.1 Å². The Bertz CT molecular complexity index is 1330. The van der Waals surface area contributed by atoms with Crippen LogP contribution in [-0.4, -0.2) is 44.3 Å². The molecule has 0 aromatic heterocycles. The summed E-state index contributed by atoms with van der Waals surface area (Å²) in [6, 6.07) is 17.3. The van der Waals surface area contributed by atoms with Gasteiger partial charge in [0.25, 0.3) is 5.69 Å². The van der Waals surface area contributed by atoms with Crippen LogP contribution in [0.25, 0.3) is 0 Å². The van der Waals surface area contributed by atoms with Crippen molar-refractivity contribution < 1.29 is 27.6 Å². The van der Waals surface area contributed by atoms with Crippen molar-refractivity contribution in [3.05, 3.63) is 88.0 Å². The van der Waals surface area contributed by atoms with Crippen molar-refractivity contribution in [1.29, 1.82) is 0 Å². The molecule has 1 N–H and O–H groups in total. The van der Waals surface area contributed by atoms with E-state index >= 15 is 0 Å². The first-order valence-corrected chi connectivity index (χ1v) is 11.9. The number of nitrogens with one attached hydrogen (secondary N) is 1. The van der Waals surface area contributed by atoms with Crippen molar-refractivity contribution in [2.24, 2.45) is 0 Å². The van der Waals surface area contributed by atoms with Crippen LogP contribution in [0.4, 0.5) is 11.4 Å².